The van der Waals surface area contributed by atoms with E-state index in [9.17, 15) is 4.79 Å². The number of aliphatic imine (C=N–C) groups is 1. The molecule has 0 aliphatic carbocycles. The van der Waals surface area contributed by atoms with Gasteiger partial charge in [0.15, 0.2) is 5.17 Å². The lowest BCUT2D eigenvalue weighted by Crippen LogP contribution is -2.01. The Bertz CT molecular complexity index is 509. The van der Waals surface area contributed by atoms with E-state index in [4.69, 9.17) is 15.6 Å². The van der Waals surface area contributed by atoms with E-state index in [0.29, 0.717) is 10.7 Å². The zero-order valence-electron chi connectivity index (χ0n) is 9.50. The van der Waals surface area contributed by atoms with E-state index in [-0.39, 0.29) is 24.3 Å². The van der Waals surface area contributed by atoms with Gasteiger partial charge in [0.2, 0.25) is 0 Å². The summed E-state index contributed by atoms with van der Waals surface area (Å²) in [5.41, 5.74) is 6.32. The fourth-order valence-electron chi connectivity index (χ4n) is 1.40. The monoisotopic (exact) mass is 264 g/mol. The summed E-state index contributed by atoms with van der Waals surface area (Å²) in [5, 5.41) is 8.90. The zero-order valence-corrected chi connectivity index (χ0v) is 10.3. The van der Waals surface area contributed by atoms with Crippen LogP contribution in [0.5, 0.6) is 5.75 Å². The van der Waals surface area contributed by atoms with Gasteiger partial charge in [0.25, 0.3) is 5.91 Å². The Morgan fingerprint density at radius 3 is 2.67 bits per heavy atom. The van der Waals surface area contributed by atoms with Gasteiger partial charge in [0.1, 0.15) is 12.4 Å². The molecule has 1 heterocycles. The fraction of sp³-hybridized carbons (Fsp3) is 0.167. The molecule has 2 rings (SSSR count). The number of nitrogens with zero attached hydrogens (tertiary/aromatic N) is 1. The van der Waals surface area contributed by atoms with Crippen LogP contribution in [0.15, 0.2) is 34.2 Å². The van der Waals surface area contributed by atoms with Crippen molar-refractivity contribution in [1.82, 2.24) is 0 Å². The largest absolute Gasteiger partial charge is 0.491 e. The standard InChI is InChI=1S/C12H12N2O3S/c13-12-14-11(16)10(18-12)7-8-1-3-9(4-2-8)17-6-5-15/h1-4,7,15H,5-6H2,(H2,13,14,16). The van der Waals surface area contributed by atoms with Gasteiger partial charge in [-0.2, -0.15) is 4.99 Å². The molecule has 0 bridgehead atoms. The van der Waals surface area contributed by atoms with Crippen molar-refractivity contribution in [2.45, 2.75) is 0 Å². The van der Waals surface area contributed by atoms with Crippen molar-refractivity contribution in [2.75, 3.05) is 13.2 Å². The van der Waals surface area contributed by atoms with E-state index in [1.54, 1.807) is 18.2 Å². The number of thioether (sulfide) groups is 1. The second-order valence-electron chi connectivity index (χ2n) is 3.51. The number of carbonyl (C=O) groups is 1. The van der Waals surface area contributed by atoms with Crippen LogP contribution >= 0.6 is 11.8 Å². The molecule has 1 aliphatic heterocycles. The van der Waals surface area contributed by atoms with Gasteiger partial charge in [-0.05, 0) is 35.5 Å². The average Bonchev–Trinajstić information content (AvgIpc) is 2.67. The summed E-state index contributed by atoms with van der Waals surface area (Å²) in [6.45, 7) is 0.243. The molecule has 1 aromatic carbocycles. The van der Waals surface area contributed by atoms with Crippen molar-refractivity contribution >= 4 is 28.9 Å². The SMILES string of the molecule is NC1=NC(=O)C(=Cc2ccc(OCCO)cc2)S1. The summed E-state index contributed by atoms with van der Waals surface area (Å²) < 4.78 is 5.23. The number of amides is 1. The number of hydrogen-bond acceptors (Lipinski definition) is 5. The molecule has 0 fully saturated rings. The molecule has 94 valence electrons. The quantitative estimate of drug-likeness (QED) is 0.792. The smallest absolute Gasteiger partial charge is 0.286 e. The third-order valence-electron chi connectivity index (χ3n) is 2.17. The highest BCUT2D eigenvalue weighted by Gasteiger charge is 2.19. The molecule has 0 radical (unpaired) electrons. The number of benzene rings is 1. The maximum absolute atomic E-state index is 11.4. The van der Waals surface area contributed by atoms with Crippen molar-refractivity contribution in [2.24, 2.45) is 10.7 Å². The van der Waals surface area contributed by atoms with Crippen molar-refractivity contribution in [3.63, 3.8) is 0 Å². The lowest BCUT2D eigenvalue weighted by molar-refractivity contribution is -0.113. The molecule has 0 unspecified atom stereocenters. The molecule has 0 saturated carbocycles. The van der Waals surface area contributed by atoms with E-state index in [2.05, 4.69) is 4.99 Å². The molecule has 5 nitrogen and oxygen atoms in total. The van der Waals surface area contributed by atoms with E-state index in [1.807, 2.05) is 12.1 Å². The summed E-state index contributed by atoms with van der Waals surface area (Å²) in [4.78, 5) is 15.5. The number of aliphatic hydroxyl groups is 1. The maximum atomic E-state index is 11.4. The minimum absolute atomic E-state index is 0.0203. The molecule has 0 atom stereocenters. The molecule has 6 heteroatoms. The Balaban J connectivity index is 2.07. The summed E-state index contributed by atoms with van der Waals surface area (Å²) in [6, 6.07) is 7.19. The number of amidine groups is 1. The van der Waals surface area contributed by atoms with Crippen LogP contribution < -0.4 is 10.5 Å². The summed E-state index contributed by atoms with van der Waals surface area (Å²) in [7, 11) is 0. The summed E-state index contributed by atoms with van der Waals surface area (Å²) >= 11 is 1.16. The molecular weight excluding hydrogens is 252 g/mol. The summed E-state index contributed by atoms with van der Waals surface area (Å²) in [6.07, 6.45) is 1.73. The van der Waals surface area contributed by atoms with Gasteiger partial charge >= 0.3 is 0 Å². The first kappa shape index (κ1) is 12.7. The second kappa shape index (κ2) is 5.70. The first-order valence-electron chi connectivity index (χ1n) is 5.31. The van der Waals surface area contributed by atoms with Crippen molar-refractivity contribution < 1.29 is 14.6 Å². The Labute approximate surface area is 108 Å². The van der Waals surface area contributed by atoms with Crippen LogP contribution in [0.4, 0.5) is 0 Å². The molecule has 0 spiro atoms. The van der Waals surface area contributed by atoms with Crippen LogP contribution in [0.1, 0.15) is 5.56 Å². The third kappa shape index (κ3) is 3.12. The van der Waals surface area contributed by atoms with E-state index in [1.165, 1.54) is 0 Å². The molecule has 1 amide bonds. The van der Waals surface area contributed by atoms with Crippen molar-refractivity contribution in [3.05, 3.63) is 34.7 Å². The van der Waals surface area contributed by atoms with Gasteiger partial charge in [-0.25, -0.2) is 0 Å². The fourth-order valence-corrected chi connectivity index (χ4v) is 2.08. The van der Waals surface area contributed by atoms with Crippen molar-refractivity contribution in [1.29, 1.82) is 0 Å². The minimum Gasteiger partial charge on any atom is -0.491 e. The number of nitrogens with two attached hydrogens (primary N) is 1. The predicted octanol–water partition coefficient (Wildman–Crippen LogP) is 0.987. The molecule has 1 aromatic rings. The number of aliphatic hydroxyl groups excluding tert-OH is 1. The van der Waals surface area contributed by atoms with Gasteiger partial charge < -0.3 is 15.6 Å². The summed E-state index contributed by atoms with van der Waals surface area (Å²) in [5.74, 6) is 0.366. The van der Waals surface area contributed by atoms with E-state index in [0.717, 1.165) is 17.3 Å². The highest BCUT2D eigenvalue weighted by molar-refractivity contribution is 8.18. The zero-order chi connectivity index (χ0) is 13.0. The van der Waals surface area contributed by atoms with Crippen molar-refractivity contribution in [3.8, 4) is 5.75 Å². The number of hydrogen-bond donors (Lipinski definition) is 2. The van der Waals surface area contributed by atoms with Crippen LogP contribution in [0.2, 0.25) is 0 Å². The Hall–Kier alpha value is -1.79. The minimum atomic E-state index is -0.307. The third-order valence-corrected chi connectivity index (χ3v) is 2.99. The molecule has 3 N–H and O–H groups in total. The molecular formula is C12H12N2O3S. The van der Waals surface area contributed by atoms with Crippen LogP contribution in [0, 0.1) is 0 Å². The lowest BCUT2D eigenvalue weighted by Gasteiger charge is -2.03. The van der Waals surface area contributed by atoms with Crippen LogP contribution in [-0.2, 0) is 4.79 Å². The Kier molecular flexibility index (Phi) is 4.01. The van der Waals surface area contributed by atoms with Crippen LogP contribution in [-0.4, -0.2) is 29.4 Å². The number of rotatable bonds is 4. The Morgan fingerprint density at radius 2 is 2.11 bits per heavy atom. The van der Waals surface area contributed by atoms with Gasteiger partial charge in [-0.3, -0.25) is 4.79 Å². The lowest BCUT2D eigenvalue weighted by atomic mass is 10.2. The first-order chi connectivity index (χ1) is 8.69. The van der Waals surface area contributed by atoms with Crippen LogP contribution in [0.25, 0.3) is 6.08 Å². The predicted molar refractivity (Wildman–Crippen MR) is 71.2 cm³/mol. The maximum Gasteiger partial charge on any atom is 0.286 e. The molecule has 0 saturated heterocycles. The molecule has 1 aliphatic rings. The average molecular weight is 264 g/mol. The second-order valence-corrected chi connectivity index (χ2v) is 4.57. The van der Waals surface area contributed by atoms with Gasteiger partial charge in [-0.15, -0.1) is 0 Å². The highest BCUT2D eigenvalue weighted by atomic mass is 32.2. The molecule has 18 heavy (non-hydrogen) atoms. The number of carbonyl (C=O) groups excluding carboxylic acids is 1. The highest BCUT2D eigenvalue weighted by Crippen LogP contribution is 2.26. The topological polar surface area (TPSA) is 84.9 Å². The van der Waals surface area contributed by atoms with Crippen LogP contribution in [0.3, 0.4) is 0 Å². The van der Waals surface area contributed by atoms with Gasteiger partial charge in [0, 0.05) is 0 Å². The normalized spacial score (nSPS) is 17.1. The Morgan fingerprint density at radius 1 is 1.39 bits per heavy atom. The molecule has 0 aromatic heterocycles. The van der Waals surface area contributed by atoms with Gasteiger partial charge in [-0.1, -0.05) is 12.1 Å². The van der Waals surface area contributed by atoms with E-state index < -0.39 is 0 Å². The van der Waals surface area contributed by atoms with Gasteiger partial charge in [0.05, 0.1) is 11.5 Å². The first-order valence-corrected chi connectivity index (χ1v) is 6.12. The van der Waals surface area contributed by atoms with E-state index >= 15 is 0 Å². The number of ether oxygens (including phenoxy) is 1.